The minimum Gasteiger partial charge on any atom is -0.379 e. The van der Waals surface area contributed by atoms with Gasteiger partial charge in [-0.25, -0.2) is 4.98 Å². The van der Waals surface area contributed by atoms with Crippen LogP contribution in [0.2, 0.25) is 5.02 Å². The first-order valence-corrected chi connectivity index (χ1v) is 6.50. The largest absolute Gasteiger partial charge is 0.379 e. The average Bonchev–Trinajstić information content (AvgIpc) is 2.88. The minimum atomic E-state index is 0.451. The summed E-state index contributed by atoms with van der Waals surface area (Å²) in [5.41, 5.74) is 3.20. The Morgan fingerprint density at radius 3 is 2.95 bits per heavy atom. The fraction of sp³-hybridized carbons (Fsp3) is 0.0667. The third-order valence-corrected chi connectivity index (χ3v) is 3.29. The lowest BCUT2D eigenvalue weighted by molar-refractivity contribution is 1.08. The number of rotatable bonds is 3. The van der Waals surface area contributed by atoms with Gasteiger partial charge in [0, 0.05) is 18.1 Å². The molecule has 0 atom stereocenters. The highest BCUT2D eigenvalue weighted by molar-refractivity contribution is 6.32. The summed E-state index contributed by atoms with van der Waals surface area (Å²) in [6, 6.07) is 13.2. The van der Waals surface area contributed by atoms with Crippen molar-refractivity contribution in [3.8, 4) is 6.07 Å². The maximum Gasteiger partial charge on any atom is 0.137 e. The lowest BCUT2D eigenvalue weighted by Gasteiger charge is -2.05. The van der Waals surface area contributed by atoms with E-state index in [0.717, 1.165) is 17.0 Å². The zero-order valence-electron chi connectivity index (χ0n) is 10.5. The molecule has 0 radical (unpaired) electrons. The quantitative estimate of drug-likeness (QED) is 0.800. The third kappa shape index (κ3) is 2.44. The van der Waals surface area contributed by atoms with Gasteiger partial charge in [0.25, 0.3) is 0 Å². The van der Waals surface area contributed by atoms with E-state index in [4.69, 9.17) is 16.9 Å². The number of hydrogen-bond acceptors (Lipinski definition) is 3. The highest BCUT2D eigenvalue weighted by Crippen LogP contribution is 2.20. The molecule has 3 rings (SSSR count). The van der Waals surface area contributed by atoms with E-state index in [2.05, 4.69) is 10.3 Å². The minimum absolute atomic E-state index is 0.451. The molecule has 3 aromatic rings. The molecule has 20 heavy (non-hydrogen) atoms. The maximum absolute atomic E-state index is 8.83. The molecule has 0 aliphatic rings. The number of anilines is 1. The van der Waals surface area contributed by atoms with Gasteiger partial charge >= 0.3 is 0 Å². The standard InChI is InChI=1S/C15H11ClN4/c16-14-7-12(5-4-11(14)8-17)18-9-13-10-20-6-2-1-3-15(20)19-13/h1-7,10,18H,9H2. The van der Waals surface area contributed by atoms with Gasteiger partial charge < -0.3 is 9.72 Å². The van der Waals surface area contributed by atoms with Crippen LogP contribution in [0.4, 0.5) is 5.69 Å². The number of benzene rings is 1. The fourth-order valence-corrected chi connectivity index (χ4v) is 2.20. The summed E-state index contributed by atoms with van der Waals surface area (Å²) in [5, 5.41) is 12.5. The molecule has 0 bridgehead atoms. The van der Waals surface area contributed by atoms with Crippen LogP contribution < -0.4 is 5.32 Å². The predicted molar refractivity (Wildman–Crippen MR) is 78.7 cm³/mol. The first-order chi connectivity index (χ1) is 9.76. The zero-order chi connectivity index (χ0) is 13.9. The number of nitrogens with zero attached hydrogens (tertiary/aromatic N) is 3. The second kappa shape index (κ2) is 5.24. The number of pyridine rings is 1. The van der Waals surface area contributed by atoms with E-state index < -0.39 is 0 Å². The molecular weight excluding hydrogens is 272 g/mol. The molecular formula is C15H11ClN4. The van der Waals surface area contributed by atoms with Crippen LogP contribution in [-0.2, 0) is 6.54 Å². The lowest BCUT2D eigenvalue weighted by atomic mass is 10.2. The Labute approximate surface area is 121 Å². The molecule has 0 saturated carbocycles. The molecule has 1 aromatic carbocycles. The topological polar surface area (TPSA) is 53.1 Å². The first kappa shape index (κ1) is 12.5. The van der Waals surface area contributed by atoms with Crippen molar-refractivity contribution in [1.29, 1.82) is 5.26 Å². The van der Waals surface area contributed by atoms with Crippen LogP contribution in [0.3, 0.4) is 0 Å². The van der Waals surface area contributed by atoms with Gasteiger partial charge in [0.2, 0.25) is 0 Å². The van der Waals surface area contributed by atoms with Crippen LogP contribution in [0, 0.1) is 11.3 Å². The molecule has 0 aliphatic carbocycles. The lowest BCUT2D eigenvalue weighted by Crippen LogP contribution is -1.99. The zero-order valence-corrected chi connectivity index (χ0v) is 11.3. The van der Waals surface area contributed by atoms with Crippen LogP contribution in [0.15, 0.2) is 48.8 Å². The number of hydrogen-bond donors (Lipinski definition) is 1. The highest BCUT2D eigenvalue weighted by Gasteiger charge is 2.03. The van der Waals surface area contributed by atoms with Gasteiger partial charge in [-0.3, -0.25) is 0 Å². The number of aromatic nitrogens is 2. The first-order valence-electron chi connectivity index (χ1n) is 6.12. The molecule has 5 heteroatoms. The van der Waals surface area contributed by atoms with Crippen LogP contribution in [-0.4, -0.2) is 9.38 Å². The second-order valence-electron chi connectivity index (χ2n) is 4.36. The Bertz CT molecular complexity index is 768. The van der Waals surface area contributed by atoms with Gasteiger partial charge in [-0.2, -0.15) is 5.26 Å². The van der Waals surface area contributed by atoms with Crippen molar-refractivity contribution >= 4 is 22.9 Å². The fourth-order valence-electron chi connectivity index (χ4n) is 1.98. The molecule has 0 amide bonds. The van der Waals surface area contributed by atoms with Crippen molar-refractivity contribution < 1.29 is 0 Å². The Morgan fingerprint density at radius 1 is 1.30 bits per heavy atom. The van der Waals surface area contributed by atoms with E-state index in [1.165, 1.54) is 0 Å². The molecule has 2 heterocycles. The van der Waals surface area contributed by atoms with Crippen molar-refractivity contribution in [2.24, 2.45) is 0 Å². The summed E-state index contributed by atoms with van der Waals surface area (Å²) < 4.78 is 1.97. The van der Waals surface area contributed by atoms with E-state index in [9.17, 15) is 0 Å². The molecule has 98 valence electrons. The van der Waals surface area contributed by atoms with Crippen molar-refractivity contribution in [1.82, 2.24) is 9.38 Å². The molecule has 0 spiro atoms. The number of nitrogens with one attached hydrogen (secondary N) is 1. The van der Waals surface area contributed by atoms with E-state index in [-0.39, 0.29) is 0 Å². The smallest absolute Gasteiger partial charge is 0.137 e. The van der Waals surface area contributed by atoms with Crippen molar-refractivity contribution in [3.05, 3.63) is 65.1 Å². The molecule has 0 aliphatic heterocycles. The van der Waals surface area contributed by atoms with Crippen molar-refractivity contribution in [3.63, 3.8) is 0 Å². The number of nitriles is 1. The van der Waals surface area contributed by atoms with Gasteiger partial charge in [-0.1, -0.05) is 17.7 Å². The predicted octanol–water partition coefficient (Wildman–Crippen LogP) is 3.47. The monoisotopic (exact) mass is 282 g/mol. The van der Waals surface area contributed by atoms with E-state index in [1.807, 2.05) is 47.1 Å². The third-order valence-electron chi connectivity index (χ3n) is 2.98. The average molecular weight is 283 g/mol. The van der Waals surface area contributed by atoms with Gasteiger partial charge in [-0.05, 0) is 30.3 Å². The summed E-state index contributed by atoms with van der Waals surface area (Å²) >= 11 is 5.99. The van der Waals surface area contributed by atoms with Crippen LogP contribution in [0.25, 0.3) is 5.65 Å². The number of imidazole rings is 1. The summed E-state index contributed by atoms with van der Waals surface area (Å²) in [4.78, 5) is 4.50. The van der Waals surface area contributed by atoms with Crippen LogP contribution in [0.1, 0.15) is 11.3 Å². The van der Waals surface area contributed by atoms with E-state index >= 15 is 0 Å². The van der Waals surface area contributed by atoms with Gasteiger partial charge in [-0.15, -0.1) is 0 Å². The summed E-state index contributed by atoms with van der Waals surface area (Å²) in [6.45, 7) is 0.601. The second-order valence-corrected chi connectivity index (χ2v) is 4.77. The summed E-state index contributed by atoms with van der Waals surface area (Å²) in [5.74, 6) is 0. The van der Waals surface area contributed by atoms with Gasteiger partial charge in [0.1, 0.15) is 11.7 Å². The van der Waals surface area contributed by atoms with E-state index in [0.29, 0.717) is 17.1 Å². The Morgan fingerprint density at radius 2 is 2.20 bits per heavy atom. The Balaban J connectivity index is 1.76. The highest BCUT2D eigenvalue weighted by atomic mass is 35.5. The molecule has 0 saturated heterocycles. The Hall–Kier alpha value is -2.51. The van der Waals surface area contributed by atoms with E-state index in [1.54, 1.807) is 12.1 Å². The molecule has 1 N–H and O–H groups in total. The van der Waals surface area contributed by atoms with Gasteiger partial charge in [0.15, 0.2) is 0 Å². The Kier molecular flexibility index (Phi) is 3.28. The molecule has 0 fully saturated rings. The van der Waals surface area contributed by atoms with Crippen LogP contribution >= 0.6 is 11.6 Å². The summed E-state index contributed by atoms with van der Waals surface area (Å²) in [6.07, 6.45) is 3.94. The number of fused-ring (bicyclic) bond motifs is 1. The van der Waals surface area contributed by atoms with Gasteiger partial charge in [0.05, 0.1) is 22.8 Å². The van der Waals surface area contributed by atoms with Crippen molar-refractivity contribution in [2.45, 2.75) is 6.54 Å². The molecule has 2 aromatic heterocycles. The maximum atomic E-state index is 8.83. The SMILES string of the molecule is N#Cc1ccc(NCc2cn3ccccc3n2)cc1Cl. The summed E-state index contributed by atoms with van der Waals surface area (Å²) in [7, 11) is 0. The van der Waals surface area contributed by atoms with Crippen molar-refractivity contribution in [2.75, 3.05) is 5.32 Å². The normalized spacial score (nSPS) is 10.4. The molecule has 0 unspecified atom stereocenters. The molecule has 4 nitrogen and oxygen atoms in total. The van der Waals surface area contributed by atoms with Crippen LogP contribution in [0.5, 0.6) is 0 Å². The number of halogens is 1.